The van der Waals surface area contributed by atoms with Crippen molar-refractivity contribution in [2.24, 2.45) is 0 Å². The van der Waals surface area contributed by atoms with E-state index < -0.39 is 0 Å². The van der Waals surface area contributed by atoms with Crippen molar-refractivity contribution < 1.29 is 4.79 Å². The first kappa shape index (κ1) is 4.50. The van der Waals surface area contributed by atoms with Gasteiger partial charge in [-0.15, -0.1) is 0 Å². The Balaban J connectivity index is 2.23. The lowest BCUT2D eigenvalue weighted by atomic mass is 10.2. The molecule has 1 N–H and O–H groups in total. The normalized spacial score (nSPS) is 31.8. The highest BCUT2D eigenvalue weighted by atomic mass is 16.1. The number of hydrogen-bond donors (Lipinski definition) is 1. The third kappa shape index (κ3) is 0.388. The molecule has 1 aliphatic carbocycles. The zero-order chi connectivity index (χ0) is 5.61. The molecule has 2 nitrogen and oxygen atoms in total. The maximum atomic E-state index is 10.9. The lowest BCUT2D eigenvalue weighted by Crippen LogP contribution is -2.28. The minimum Gasteiger partial charge on any atom is -0.304 e. The third-order valence-corrected chi connectivity index (χ3v) is 2.10. The molecule has 2 heteroatoms. The minimum absolute atomic E-state index is 0.0139. The van der Waals surface area contributed by atoms with Crippen LogP contribution >= 0.6 is 0 Å². The molecular formula is C6H9NO. The molecule has 1 aliphatic heterocycles. The van der Waals surface area contributed by atoms with E-state index in [2.05, 4.69) is 5.32 Å². The fraction of sp³-hybridized carbons (Fsp3) is 0.833. The molecule has 2 aliphatic rings. The molecule has 8 heavy (non-hydrogen) atoms. The van der Waals surface area contributed by atoms with Gasteiger partial charge in [0.05, 0.1) is 5.54 Å². The molecule has 0 radical (unpaired) electrons. The number of rotatable bonds is 0. The van der Waals surface area contributed by atoms with E-state index in [0.29, 0.717) is 5.78 Å². The van der Waals surface area contributed by atoms with E-state index in [9.17, 15) is 4.79 Å². The fourth-order valence-corrected chi connectivity index (χ4v) is 1.33. The van der Waals surface area contributed by atoms with Crippen LogP contribution in [0, 0.1) is 0 Å². The van der Waals surface area contributed by atoms with Gasteiger partial charge < -0.3 is 5.32 Å². The van der Waals surface area contributed by atoms with Gasteiger partial charge in [-0.3, -0.25) is 4.79 Å². The number of carbonyl (C=O) groups is 1. The maximum absolute atomic E-state index is 10.9. The molecule has 0 unspecified atom stereocenters. The summed E-state index contributed by atoms with van der Waals surface area (Å²) in [7, 11) is 0. The zero-order valence-electron chi connectivity index (χ0n) is 4.74. The molecule has 1 saturated carbocycles. The minimum atomic E-state index is 0.0139. The number of nitrogens with one attached hydrogen (secondary N) is 1. The number of carbonyl (C=O) groups excluding carboxylic acids is 1. The smallest absolute Gasteiger partial charge is 0.154 e. The first-order valence-electron chi connectivity index (χ1n) is 3.12. The SMILES string of the molecule is O=C1CCNC12CC2. The molecule has 1 heterocycles. The predicted molar refractivity (Wildman–Crippen MR) is 29.6 cm³/mol. The summed E-state index contributed by atoms with van der Waals surface area (Å²) in [6, 6.07) is 0. The lowest BCUT2D eigenvalue weighted by molar-refractivity contribution is -0.119. The lowest BCUT2D eigenvalue weighted by Gasteiger charge is -1.99. The van der Waals surface area contributed by atoms with Gasteiger partial charge >= 0.3 is 0 Å². The second kappa shape index (κ2) is 1.13. The van der Waals surface area contributed by atoms with Crippen molar-refractivity contribution in [3.8, 4) is 0 Å². The van der Waals surface area contributed by atoms with Crippen LogP contribution in [0.25, 0.3) is 0 Å². The molecule has 0 aromatic heterocycles. The molecule has 1 saturated heterocycles. The molecule has 2 fully saturated rings. The molecule has 0 atom stereocenters. The van der Waals surface area contributed by atoms with E-state index >= 15 is 0 Å². The van der Waals surface area contributed by atoms with Crippen LogP contribution in [0.5, 0.6) is 0 Å². The molecule has 1 spiro atoms. The van der Waals surface area contributed by atoms with Crippen molar-refractivity contribution in [1.29, 1.82) is 0 Å². The summed E-state index contributed by atoms with van der Waals surface area (Å²) in [5.41, 5.74) is 0.0139. The van der Waals surface area contributed by atoms with E-state index in [4.69, 9.17) is 0 Å². The molecule has 0 amide bonds. The Kier molecular flexibility index (Phi) is 0.637. The highest BCUT2D eigenvalue weighted by molar-refractivity contribution is 5.93. The van der Waals surface area contributed by atoms with Gasteiger partial charge in [0.25, 0.3) is 0 Å². The summed E-state index contributed by atoms with van der Waals surface area (Å²) in [5, 5.41) is 3.21. The summed E-state index contributed by atoms with van der Waals surface area (Å²) in [6.07, 6.45) is 2.94. The molecule has 0 aromatic carbocycles. The van der Waals surface area contributed by atoms with Gasteiger partial charge in [-0.2, -0.15) is 0 Å². The Morgan fingerprint density at radius 1 is 1.50 bits per heavy atom. The average Bonchev–Trinajstić information content (AvgIpc) is 2.39. The van der Waals surface area contributed by atoms with Crippen molar-refractivity contribution in [3.05, 3.63) is 0 Å². The Bertz CT molecular complexity index is 137. The van der Waals surface area contributed by atoms with Gasteiger partial charge in [0.1, 0.15) is 0 Å². The molecule has 2 rings (SSSR count). The highest BCUT2D eigenvalue weighted by Crippen LogP contribution is 2.39. The topological polar surface area (TPSA) is 29.1 Å². The Morgan fingerprint density at radius 3 is 2.50 bits per heavy atom. The van der Waals surface area contributed by atoms with Crippen LogP contribution in [0.4, 0.5) is 0 Å². The van der Waals surface area contributed by atoms with Crippen LogP contribution in [-0.2, 0) is 4.79 Å². The molecule has 44 valence electrons. The van der Waals surface area contributed by atoms with Crippen molar-refractivity contribution in [3.63, 3.8) is 0 Å². The standard InChI is InChI=1S/C6H9NO/c8-5-1-4-7-6(5)2-3-6/h7H,1-4H2. The summed E-state index contributed by atoms with van der Waals surface area (Å²) in [6.45, 7) is 0.916. The maximum Gasteiger partial charge on any atom is 0.154 e. The quantitative estimate of drug-likeness (QED) is 0.479. The highest BCUT2D eigenvalue weighted by Gasteiger charge is 2.51. The number of Topliss-reactive ketones (excluding diaryl/α,β-unsaturated/α-hetero) is 1. The van der Waals surface area contributed by atoms with Crippen LogP contribution in [0.15, 0.2) is 0 Å². The summed E-state index contributed by atoms with van der Waals surface area (Å²) < 4.78 is 0. The first-order chi connectivity index (χ1) is 3.83. The first-order valence-corrected chi connectivity index (χ1v) is 3.12. The van der Waals surface area contributed by atoms with Gasteiger partial charge in [-0.05, 0) is 12.8 Å². The van der Waals surface area contributed by atoms with Crippen LogP contribution in [-0.4, -0.2) is 17.9 Å². The van der Waals surface area contributed by atoms with Crippen molar-refractivity contribution in [2.45, 2.75) is 24.8 Å². The Labute approximate surface area is 48.3 Å². The summed E-state index contributed by atoms with van der Waals surface area (Å²) >= 11 is 0. The van der Waals surface area contributed by atoms with Crippen LogP contribution in [0.3, 0.4) is 0 Å². The third-order valence-electron chi connectivity index (χ3n) is 2.10. The van der Waals surface area contributed by atoms with Crippen molar-refractivity contribution in [2.75, 3.05) is 6.54 Å². The van der Waals surface area contributed by atoms with E-state index in [-0.39, 0.29) is 5.54 Å². The Morgan fingerprint density at radius 2 is 2.25 bits per heavy atom. The van der Waals surface area contributed by atoms with Crippen molar-refractivity contribution >= 4 is 5.78 Å². The van der Waals surface area contributed by atoms with Gasteiger partial charge in [0.15, 0.2) is 5.78 Å². The van der Waals surface area contributed by atoms with Crippen LogP contribution in [0.2, 0.25) is 0 Å². The zero-order valence-corrected chi connectivity index (χ0v) is 4.74. The van der Waals surface area contributed by atoms with E-state index in [1.807, 2.05) is 0 Å². The fourth-order valence-electron chi connectivity index (χ4n) is 1.33. The van der Waals surface area contributed by atoms with Gasteiger partial charge in [-0.25, -0.2) is 0 Å². The summed E-state index contributed by atoms with van der Waals surface area (Å²) in [4.78, 5) is 10.9. The average molecular weight is 111 g/mol. The molecule has 0 aromatic rings. The van der Waals surface area contributed by atoms with Crippen LogP contribution < -0.4 is 5.32 Å². The van der Waals surface area contributed by atoms with E-state index in [1.54, 1.807) is 0 Å². The van der Waals surface area contributed by atoms with E-state index in [1.165, 1.54) is 0 Å². The molecule has 0 bridgehead atoms. The predicted octanol–water partition coefficient (Wildman–Crippen LogP) is 0.0814. The van der Waals surface area contributed by atoms with Gasteiger partial charge in [0, 0.05) is 13.0 Å². The van der Waals surface area contributed by atoms with Gasteiger partial charge in [0.2, 0.25) is 0 Å². The summed E-state index contributed by atoms with van der Waals surface area (Å²) in [5.74, 6) is 0.442. The Hall–Kier alpha value is -0.370. The second-order valence-corrected chi connectivity index (χ2v) is 2.68. The second-order valence-electron chi connectivity index (χ2n) is 2.68. The monoisotopic (exact) mass is 111 g/mol. The van der Waals surface area contributed by atoms with Crippen LogP contribution in [0.1, 0.15) is 19.3 Å². The molecular weight excluding hydrogens is 102 g/mol. The van der Waals surface area contributed by atoms with Crippen molar-refractivity contribution in [1.82, 2.24) is 5.32 Å². The number of ketones is 1. The largest absolute Gasteiger partial charge is 0.304 e. The van der Waals surface area contributed by atoms with Gasteiger partial charge in [-0.1, -0.05) is 0 Å². The number of hydrogen-bond acceptors (Lipinski definition) is 2. The van der Waals surface area contributed by atoms with E-state index in [0.717, 1.165) is 25.8 Å².